The molecular formula is C16H12N2O3. The second-order valence-corrected chi connectivity index (χ2v) is 4.77. The number of rotatable bonds is 2. The van der Waals surface area contributed by atoms with E-state index in [0.29, 0.717) is 17.1 Å². The van der Waals surface area contributed by atoms with Crippen LogP contribution in [0.25, 0.3) is 10.9 Å². The van der Waals surface area contributed by atoms with Crippen LogP contribution in [0.5, 0.6) is 11.5 Å². The number of benzene rings is 2. The highest BCUT2D eigenvalue weighted by atomic mass is 16.7. The van der Waals surface area contributed by atoms with Crippen LogP contribution < -0.4 is 14.8 Å². The molecule has 0 spiro atoms. The number of hydrogen-bond acceptors (Lipinski definition) is 3. The molecule has 0 saturated heterocycles. The summed E-state index contributed by atoms with van der Waals surface area (Å²) in [7, 11) is 0. The minimum atomic E-state index is -0.185. The van der Waals surface area contributed by atoms with E-state index in [4.69, 9.17) is 9.47 Å². The van der Waals surface area contributed by atoms with Gasteiger partial charge in [0, 0.05) is 17.1 Å². The Morgan fingerprint density at radius 3 is 2.95 bits per heavy atom. The fourth-order valence-corrected chi connectivity index (χ4v) is 2.42. The molecular weight excluding hydrogens is 268 g/mol. The number of fused-ring (bicyclic) bond motifs is 2. The molecule has 2 heterocycles. The van der Waals surface area contributed by atoms with Crippen molar-refractivity contribution in [3.63, 3.8) is 0 Å². The number of aromatic amines is 1. The molecule has 1 aliphatic heterocycles. The van der Waals surface area contributed by atoms with Crippen molar-refractivity contribution >= 4 is 22.5 Å². The highest BCUT2D eigenvalue weighted by Crippen LogP contribution is 2.32. The van der Waals surface area contributed by atoms with Gasteiger partial charge in [-0.25, -0.2) is 0 Å². The summed E-state index contributed by atoms with van der Waals surface area (Å²) in [5, 5.41) is 3.97. The molecule has 0 fully saturated rings. The van der Waals surface area contributed by atoms with Gasteiger partial charge in [-0.2, -0.15) is 0 Å². The van der Waals surface area contributed by atoms with Crippen LogP contribution in [-0.4, -0.2) is 17.7 Å². The average molecular weight is 280 g/mol. The van der Waals surface area contributed by atoms with Crippen molar-refractivity contribution in [2.45, 2.75) is 0 Å². The van der Waals surface area contributed by atoms with E-state index in [9.17, 15) is 4.79 Å². The molecule has 3 aromatic rings. The second kappa shape index (κ2) is 4.56. The first kappa shape index (κ1) is 11.8. The summed E-state index contributed by atoms with van der Waals surface area (Å²) in [6.45, 7) is 0.197. The first-order valence-corrected chi connectivity index (χ1v) is 6.58. The van der Waals surface area contributed by atoms with E-state index < -0.39 is 0 Å². The van der Waals surface area contributed by atoms with Crippen molar-refractivity contribution in [1.82, 2.24) is 4.98 Å². The molecule has 0 atom stereocenters. The molecule has 5 nitrogen and oxygen atoms in total. The zero-order valence-electron chi connectivity index (χ0n) is 11.1. The Bertz CT molecular complexity index is 838. The maximum absolute atomic E-state index is 12.4. The third-order valence-electron chi connectivity index (χ3n) is 3.47. The first-order chi connectivity index (χ1) is 10.3. The Labute approximate surface area is 120 Å². The maximum Gasteiger partial charge on any atom is 0.255 e. The fourth-order valence-electron chi connectivity index (χ4n) is 2.42. The normalized spacial score (nSPS) is 12.6. The average Bonchev–Trinajstić information content (AvgIpc) is 3.15. The maximum atomic E-state index is 12.4. The van der Waals surface area contributed by atoms with Crippen molar-refractivity contribution in [3.8, 4) is 11.5 Å². The van der Waals surface area contributed by atoms with Crippen LogP contribution in [0.15, 0.2) is 48.7 Å². The monoisotopic (exact) mass is 280 g/mol. The third kappa shape index (κ3) is 1.99. The lowest BCUT2D eigenvalue weighted by molar-refractivity contribution is 0.102. The number of anilines is 1. The zero-order chi connectivity index (χ0) is 14.2. The summed E-state index contributed by atoms with van der Waals surface area (Å²) in [5.41, 5.74) is 2.19. The lowest BCUT2D eigenvalue weighted by atomic mass is 10.1. The molecule has 0 saturated carbocycles. The molecule has 1 aliphatic rings. The van der Waals surface area contributed by atoms with Gasteiger partial charge in [-0.1, -0.05) is 12.1 Å². The van der Waals surface area contributed by atoms with Gasteiger partial charge in [0.1, 0.15) is 0 Å². The summed E-state index contributed by atoms with van der Waals surface area (Å²) >= 11 is 0. The van der Waals surface area contributed by atoms with E-state index in [1.54, 1.807) is 18.2 Å². The number of aromatic nitrogens is 1. The standard InChI is InChI=1S/C16H12N2O3/c19-16(11-4-5-13-14(8-11)21-9-20-13)18-12-3-1-2-10-6-7-17-15(10)12/h1-8,17H,9H2,(H,18,19). The number of nitrogens with one attached hydrogen (secondary N) is 2. The lowest BCUT2D eigenvalue weighted by Gasteiger charge is -2.07. The van der Waals surface area contributed by atoms with Crippen LogP contribution >= 0.6 is 0 Å². The molecule has 5 heteroatoms. The third-order valence-corrected chi connectivity index (χ3v) is 3.47. The SMILES string of the molecule is O=C(Nc1cccc2cc[nH]c12)c1ccc2c(c1)OCO2. The summed E-state index contributed by atoms with van der Waals surface area (Å²) in [4.78, 5) is 15.5. The summed E-state index contributed by atoms with van der Waals surface area (Å²) < 4.78 is 10.5. The van der Waals surface area contributed by atoms with E-state index in [-0.39, 0.29) is 12.7 Å². The number of H-pyrrole nitrogens is 1. The van der Waals surface area contributed by atoms with Gasteiger partial charge in [0.15, 0.2) is 11.5 Å². The van der Waals surface area contributed by atoms with Crippen molar-refractivity contribution in [1.29, 1.82) is 0 Å². The number of ether oxygens (including phenoxy) is 2. The molecule has 104 valence electrons. The summed E-state index contributed by atoms with van der Waals surface area (Å²) in [6, 6.07) is 12.9. The van der Waals surface area contributed by atoms with Crippen molar-refractivity contribution in [3.05, 3.63) is 54.2 Å². The Balaban J connectivity index is 1.65. The number of amides is 1. The van der Waals surface area contributed by atoms with Crippen LogP contribution in [0.2, 0.25) is 0 Å². The molecule has 0 radical (unpaired) electrons. The van der Waals surface area contributed by atoms with Crippen molar-refractivity contribution in [2.75, 3.05) is 12.1 Å². The van der Waals surface area contributed by atoms with E-state index >= 15 is 0 Å². The largest absolute Gasteiger partial charge is 0.454 e. The molecule has 0 bridgehead atoms. The van der Waals surface area contributed by atoms with Gasteiger partial charge in [0.05, 0.1) is 11.2 Å². The van der Waals surface area contributed by atoms with Crippen molar-refractivity contribution < 1.29 is 14.3 Å². The number of para-hydroxylation sites is 1. The first-order valence-electron chi connectivity index (χ1n) is 6.58. The van der Waals surface area contributed by atoms with E-state index in [2.05, 4.69) is 10.3 Å². The second-order valence-electron chi connectivity index (χ2n) is 4.77. The quantitative estimate of drug-likeness (QED) is 0.758. The molecule has 0 unspecified atom stereocenters. The lowest BCUT2D eigenvalue weighted by Crippen LogP contribution is -2.12. The predicted octanol–water partition coefficient (Wildman–Crippen LogP) is 3.15. The van der Waals surface area contributed by atoms with E-state index in [1.165, 1.54) is 0 Å². The highest BCUT2D eigenvalue weighted by Gasteiger charge is 2.16. The minimum Gasteiger partial charge on any atom is -0.454 e. The molecule has 2 N–H and O–H groups in total. The highest BCUT2D eigenvalue weighted by molar-refractivity contribution is 6.08. The van der Waals surface area contributed by atoms with Crippen molar-refractivity contribution in [2.24, 2.45) is 0 Å². The van der Waals surface area contributed by atoms with Gasteiger partial charge in [-0.3, -0.25) is 4.79 Å². The van der Waals surface area contributed by atoms with Gasteiger partial charge in [-0.15, -0.1) is 0 Å². The van der Waals surface area contributed by atoms with Crippen LogP contribution in [-0.2, 0) is 0 Å². The van der Waals surface area contributed by atoms with Gasteiger partial charge in [0.2, 0.25) is 6.79 Å². The topological polar surface area (TPSA) is 63.4 Å². The van der Waals surface area contributed by atoms with Crippen LogP contribution in [0.1, 0.15) is 10.4 Å². The number of carbonyl (C=O) groups excluding carboxylic acids is 1. The zero-order valence-corrected chi connectivity index (χ0v) is 11.1. The van der Waals surface area contributed by atoms with Crippen LogP contribution in [0, 0.1) is 0 Å². The Hall–Kier alpha value is -2.95. The van der Waals surface area contributed by atoms with E-state index in [0.717, 1.165) is 16.6 Å². The van der Waals surface area contributed by atoms with Gasteiger partial charge in [-0.05, 0) is 30.3 Å². The molecule has 21 heavy (non-hydrogen) atoms. The Morgan fingerprint density at radius 1 is 1.10 bits per heavy atom. The van der Waals surface area contributed by atoms with Crippen LogP contribution in [0.4, 0.5) is 5.69 Å². The van der Waals surface area contributed by atoms with Gasteiger partial charge >= 0.3 is 0 Å². The van der Waals surface area contributed by atoms with Gasteiger partial charge in [0.25, 0.3) is 5.91 Å². The van der Waals surface area contributed by atoms with Crippen LogP contribution in [0.3, 0.4) is 0 Å². The molecule has 2 aromatic carbocycles. The van der Waals surface area contributed by atoms with Gasteiger partial charge < -0.3 is 19.8 Å². The minimum absolute atomic E-state index is 0.185. The van der Waals surface area contributed by atoms with E-state index in [1.807, 2.05) is 30.5 Å². The number of hydrogen-bond donors (Lipinski definition) is 2. The predicted molar refractivity (Wildman–Crippen MR) is 78.8 cm³/mol. The molecule has 0 aliphatic carbocycles. The summed E-state index contributed by atoms with van der Waals surface area (Å²) in [6.07, 6.45) is 1.85. The smallest absolute Gasteiger partial charge is 0.255 e. The molecule has 1 amide bonds. The molecule has 1 aromatic heterocycles. The number of carbonyl (C=O) groups is 1. The fraction of sp³-hybridized carbons (Fsp3) is 0.0625. The molecule has 4 rings (SSSR count). The summed E-state index contributed by atoms with van der Waals surface area (Å²) in [5.74, 6) is 1.08. The Morgan fingerprint density at radius 2 is 2.00 bits per heavy atom. The Kier molecular flexibility index (Phi) is 2.57.